The molecule has 0 bridgehead atoms. The number of carbonyl (C=O) groups excluding carboxylic acids is 1. The molecule has 1 aliphatic rings. The van der Waals surface area contributed by atoms with Gasteiger partial charge in [-0.05, 0) is 43.0 Å². The number of ketones is 1. The molecule has 0 amide bonds. The second-order valence-electron chi connectivity index (χ2n) is 5.33. The number of aromatic nitrogens is 2. The second-order valence-corrected chi connectivity index (χ2v) is 6.06. The topological polar surface area (TPSA) is 67.6 Å². The number of halogens is 3. The van der Waals surface area contributed by atoms with E-state index in [9.17, 15) is 18.0 Å². The molecule has 9 heteroatoms. The molecule has 5 nitrogen and oxygen atoms in total. The molecule has 0 saturated heterocycles. The van der Waals surface area contributed by atoms with Crippen molar-refractivity contribution in [2.24, 2.45) is 10.2 Å². The molecule has 0 fully saturated rings. The normalized spacial score (nSPS) is 14.8. The van der Waals surface area contributed by atoms with Gasteiger partial charge in [0, 0.05) is 17.1 Å². The largest absolute Gasteiger partial charge is 0.452 e. The van der Waals surface area contributed by atoms with Crippen molar-refractivity contribution < 1.29 is 18.0 Å². The van der Waals surface area contributed by atoms with Crippen LogP contribution in [0.2, 0.25) is 0 Å². The SMILES string of the molecule is CC1=C(N=Nc2nc(C(F)(F)F)ns2)C(=O)c2c1ccc(C)c2C. The molecule has 0 unspecified atom stereocenters. The Morgan fingerprint density at radius 3 is 2.46 bits per heavy atom. The van der Waals surface area contributed by atoms with Crippen LogP contribution in [0.5, 0.6) is 0 Å². The van der Waals surface area contributed by atoms with Crippen LogP contribution >= 0.6 is 11.5 Å². The smallest absolute Gasteiger partial charge is 0.287 e. The fourth-order valence-corrected chi connectivity index (χ4v) is 2.94. The number of allylic oxidation sites excluding steroid dienone is 2. The summed E-state index contributed by atoms with van der Waals surface area (Å²) in [6.45, 7) is 5.48. The lowest BCUT2D eigenvalue weighted by Crippen LogP contribution is -2.06. The van der Waals surface area contributed by atoms with Crippen LogP contribution < -0.4 is 0 Å². The number of azo groups is 1. The van der Waals surface area contributed by atoms with Gasteiger partial charge in [-0.25, -0.2) is 0 Å². The molecule has 1 aromatic heterocycles. The van der Waals surface area contributed by atoms with E-state index in [-0.39, 0.29) is 16.6 Å². The molecule has 0 atom stereocenters. The third-order valence-electron chi connectivity index (χ3n) is 3.84. The van der Waals surface area contributed by atoms with Crippen molar-refractivity contribution in [1.29, 1.82) is 0 Å². The summed E-state index contributed by atoms with van der Waals surface area (Å²) >= 11 is 0.476. The molecule has 2 aromatic rings. The monoisotopic (exact) mass is 352 g/mol. The minimum absolute atomic E-state index is 0.113. The number of alkyl halides is 3. The molecule has 1 aliphatic carbocycles. The highest BCUT2D eigenvalue weighted by Gasteiger charge is 2.36. The zero-order valence-electron chi connectivity index (χ0n) is 12.9. The summed E-state index contributed by atoms with van der Waals surface area (Å²) < 4.78 is 40.6. The van der Waals surface area contributed by atoms with Crippen LogP contribution in [0.4, 0.5) is 18.3 Å². The first-order chi connectivity index (χ1) is 11.2. The number of aryl methyl sites for hydroxylation is 1. The number of hydrogen-bond donors (Lipinski definition) is 0. The highest BCUT2D eigenvalue weighted by Crippen LogP contribution is 2.37. The van der Waals surface area contributed by atoms with Crippen molar-refractivity contribution in [3.63, 3.8) is 0 Å². The number of carbonyl (C=O) groups is 1. The van der Waals surface area contributed by atoms with Crippen LogP contribution in [0.15, 0.2) is 28.1 Å². The minimum Gasteiger partial charge on any atom is -0.287 e. The van der Waals surface area contributed by atoms with Gasteiger partial charge >= 0.3 is 6.18 Å². The molecule has 0 aliphatic heterocycles. The van der Waals surface area contributed by atoms with E-state index in [4.69, 9.17) is 0 Å². The number of benzene rings is 1. The van der Waals surface area contributed by atoms with Gasteiger partial charge in [0.2, 0.25) is 16.7 Å². The van der Waals surface area contributed by atoms with E-state index in [1.54, 1.807) is 6.92 Å². The van der Waals surface area contributed by atoms with Gasteiger partial charge in [0.15, 0.2) is 0 Å². The lowest BCUT2D eigenvalue weighted by atomic mass is 9.97. The van der Waals surface area contributed by atoms with Gasteiger partial charge in [0.25, 0.3) is 0 Å². The highest BCUT2D eigenvalue weighted by atomic mass is 32.1. The van der Waals surface area contributed by atoms with E-state index in [1.165, 1.54) is 0 Å². The Balaban J connectivity index is 1.94. The van der Waals surface area contributed by atoms with Crippen molar-refractivity contribution in [1.82, 2.24) is 9.36 Å². The van der Waals surface area contributed by atoms with E-state index in [1.807, 2.05) is 26.0 Å². The summed E-state index contributed by atoms with van der Waals surface area (Å²) in [5.41, 5.74) is 3.93. The number of Topliss-reactive ketones (excluding diaryl/α,β-unsaturated/α-hetero) is 1. The van der Waals surface area contributed by atoms with Gasteiger partial charge in [-0.1, -0.05) is 12.1 Å². The van der Waals surface area contributed by atoms with Crippen LogP contribution in [-0.4, -0.2) is 15.1 Å². The summed E-state index contributed by atoms with van der Waals surface area (Å²) in [4.78, 5) is 15.8. The Bertz CT molecular complexity index is 912. The average Bonchev–Trinajstić information content (AvgIpc) is 3.06. The van der Waals surface area contributed by atoms with E-state index in [2.05, 4.69) is 19.6 Å². The lowest BCUT2D eigenvalue weighted by molar-refractivity contribution is -0.144. The summed E-state index contributed by atoms with van der Waals surface area (Å²) in [7, 11) is 0. The van der Waals surface area contributed by atoms with E-state index in [0.29, 0.717) is 22.7 Å². The number of rotatable bonds is 2. The van der Waals surface area contributed by atoms with Crippen molar-refractivity contribution in [2.45, 2.75) is 26.9 Å². The Morgan fingerprint density at radius 2 is 1.83 bits per heavy atom. The molecule has 1 aromatic carbocycles. The van der Waals surface area contributed by atoms with Crippen molar-refractivity contribution in [3.8, 4) is 0 Å². The predicted octanol–water partition coefficient (Wildman–Crippen LogP) is 4.88. The third-order valence-corrected chi connectivity index (χ3v) is 4.44. The maximum atomic E-state index is 12.5. The van der Waals surface area contributed by atoms with Crippen LogP contribution in [0, 0.1) is 13.8 Å². The average molecular weight is 352 g/mol. The lowest BCUT2D eigenvalue weighted by Gasteiger charge is -2.06. The van der Waals surface area contributed by atoms with E-state index in [0.717, 1.165) is 16.7 Å². The summed E-state index contributed by atoms with van der Waals surface area (Å²) in [6, 6.07) is 3.74. The predicted molar refractivity (Wildman–Crippen MR) is 82.3 cm³/mol. The first-order valence-corrected chi connectivity index (χ1v) is 7.66. The highest BCUT2D eigenvalue weighted by molar-refractivity contribution is 7.09. The maximum Gasteiger partial charge on any atom is 0.452 e. The molecule has 0 spiro atoms. The standard InChI is InChI=1S/C15H11F3N4OS/c1-6-4-5-9-8(3)11(12(23)10(9)7(6)2)20-21-14-19-13(22-24-14)15(16,17)18/h4-5H,1-3H3. The third kappa shape index (κ3) is 2.64. The zero-order valence-corrected chi connectivity index (χ0v) is 13.7. The van der Waals surface area contributed by atoms with Gasteiger partial charge < -0.3 is 0 Å². The van der Waals surface area contributed by atoms with Crippen molar-refractivity contribution in [3.05, 3.63) is 45.9 Å². The molecule has 0 N–H and O–H groups in total. The summed E-state index contributed by atoms with van der Waals surface area (Å²) in [6.07, 6.45) is -4.63. The maximum absolute atomic E-state index is 12.5. The minimum atomic E-state index is -4.63. The number of hydrogen-bond acceptors (Lipinski definition) is 6. The van der Waals surface area contributed by atoms with Crippen LogP contribution in [0.25, 0.3) is 5.57 Å². The molecule has 0 saturated carbocycles. The quantitative estimate of drug-likeness (QED) is 0.723. The van der Waals surface area contributed by atoms with Crippen LogP contribution in [0.3, 0.4) is 0 Å². The molecular formula is C15H11F3N4OS. The number of nitrogens with zero attached hydrogens (tertiary/aromatic N) is 4. The Labute approximate surface area is 139 Å². The van der Waals surface area contributed by atoms with Gasteiger partial charge in [-0.3, -0.25) is 4.79 Å². The molecular weight excluding hydrogens is 341 g/mol. The first-order valence-electron chi connectivity index (χ1n) is 6.89. The van der Waals surface area contributed by atoms with Crippen molar-refractivity contribution in [2.75, 3.05) is 0 Å². The fraction of sp³-hybridized carbons (Fsp3) is 0.267. The van der Waals surface area contributed by atoms with Crippen LogP contribution in [-0.2, 0) is 6.18 Å². The Hall–Kier alpha value is -2.42. The van der Waals surface area contributed by atoms with Crippen molar-refractivity contribution >= 4 is 28.0 Å². The van der Waals surface area contributed by atoms with E-state index < -0.39 is 12.0 Å². The van der Waals surface area contributed by atoms with Gasteiger partial charge in [-0.15, -0.1) is 10.2 Å². The fourth-order valence-electron chi connectivity index (χ4n) is 2.42. The second kappa shape index (κ2) is 5.59. The molecule has 1 heterocycles. The first kappa shape index (κ1) is 16.4. The van der Waals surface area contributed by atoms with Gasteiger partial charge in [0.1, 0.15) is 5.70 Å². The summed E-state index contributed by atoms with van der Waals surface area (Å²) in [5.74, 6) is -1.55. The zero-order chi connectivity index (χ0) is 17.6. The molecule has 0 radical (unpaired) electrons. The van der Waals surface area contributed by atoms with Gasteiger partial charge in [-0.2, -0.15) is 22.5 Å². The van der Waals surface area contributed by atoms with Crippen LogP contribution in [0.1, 0.15) is 39.8 Å². The molecule has 124 valence electrons. The molecule has 24 heavy (non-hydrogen) atoms. The number of fused-ring (bicyclic) bond motifs is 1. The Morgan fingerprint density at radius 1 is 1.12 bits per heavy atom. The molecule has 3 rings (SSSR count). The van der Waals surface area contributed by atoms with E-state index >= 15 is 0 Å². The Kier molecular flexibility index (Phi) is 3.83. The van der Waals surface area contributed by atoms with Gasteiger partial charge in [0.05, 0.1) is 0 Å². The summed E-state index contributed by atoms with van der Waals surface area (Å²) in [5, 5.41) is 7.23.